The van der Waals surface area contributed by atoms with Crippen LogP contribution in [0.15, 0.2) is 48.7 Å². The summed E-state index contributed by atoms with van der Waals surface area (Å²) in [4.78, 5) is 0. The predicted molar refractivity (Wildman–Crippen MR) is 85.0 cm³/mol. The molecule has 108 valence electrons. The van der Waals surface area contributed by atoms with Crippen molar-refractivity contribution in [1.29, 1.82) is 0 Å². The first-order chi connectivity index (χ1) is 10.2. The first-order valence-electron chi connectivity index (χ1n) is 6.99. The van der Waals surface area contributed by atoms with Gasteiger partial charge in [0.1, 0.15) is 18.1 Å². The van der Waals surface area contributed by atoms with Crippen molar-refractivity contribution in [1.82, 2.24) is 4.57 Å². The van der Waals surface area contributed by atoms with Gasteiger partial charge in [0.2, 0.25) is 0 Å². The molecule has 0 spiro atoms. The average Bonchev–Trinajstić information content (AvgIpc) is 2.81. The molecule has 0 bridgehead atoms. The molecule has 0 saturated carbocycles. The van der Waals surface area contributed by atoms with Crippen LogP contribution < -0.4 is 9.47 Å². The number of hydrogen-bond donors (Lipinski definition) is 0. The largest absolute Gasteiger partial charge is 0.497 e. The number of hydrogen-bond acceptors (Lipinski definition) is 2. The van der Waals surface area contributed by atoms with Crippen LogP contribution >= 0.6 is 0 Å². The topological polar surface area (TPSA) is 23.4 Å². The van der Waals surface area contributed by atoms with E-state index in [2.05, 4.69) is 42.9 Å². The van der Waals surface area contributed by atoms with Gasteiger partial charge in [0.05, 0.1) is 7.11 Å². The highest BCUT2D eigenvalue weighted by Crippen LogP contribution is 2.25. The first-order valence-corrected chi connectivity index (χ1v) is 6.99. The first kappa shape index (κ1) is 13.6. The molecular formula is C18H19NO2. The second kappa shape index (κ2) is 5.52. The second-order valence-electron chi connectivity index (χ2n) is 5.25. The van der Waals surface area contributed by atoms with E-state index in [4.69, 9.17) is 9.47 Å². The number of rotatable bonds is 4. The minimum Gasteiger partial charge on any atom is -0.497 e. The standard InChI is InChI=1S/C18H19NO2/c1-13-7-8-18-17(9-13)14(11-19(18)2)12-21-16-6-4-5-15(10-16)20-3/h4-11H,12H2,1-3H3. The van der Waals surface area contributed by atoms with E-state index in [0.29, 0.717) is 6.61 Å². The summed E-state index contributed by atoms with van der Waals surface area (Å²) in [6.45, 7) is 2.66. The number of aromatic nitrogens is 1. The zero-order valence-corrected chi connectivity index (χ0v) is 12.6. The van der Waals surface area contributed by atoms with Gasteiger partial charge in [0.25, 0.3) is 0 Å². The van der Waals surface area contributed by atoms with Gasteiger partial charge in [0, 0.05) is 35.8 Å². The van der Waals surface area contributed by atoms with E-state index in [0.717, 1.165) is 11.5 Å². The Morgan fingerprint density at radius 2 is 1.86 bits per heavy atom. The minimum atomic E-state index is 0.550. The molecular weight excluding hydrogens is 262 g/mol. The van der Waals surface area contributed by atoms with E-state index in [-0.39, 0.29) is 0 Å². The maximum absolute atomic E-state index is 5.90. The molecule has 1 heterocycles. The Hall–Kier alpha value is -2.42. The van der Waals surface area contributed by atoms with Crippen LogP contribution in [0.25, 0.3) is 10.9 Å². The normalized spacial score (nSPS) is 10.8. The fourth-order valence-electron chi connectivity index (χ4n) is 2.55. The maximum Gasteiger partial charge on any atom is 0.123 e. The second-order valence-corrected chi connectivity index (χ2v) is 5.25. The molecule has 0 unspecified atom stereocenters. The lowest BCUT2D eigenvalue weighted by atomic mass is 10.1. The highest BCUT2D eigenvalue weighted by Gasteiger charge is 2.07. The molecule has 0 radical (unpaired) electrons. The van der Waals surface area contributed by atoms with Gasteiger partial charge in [-0.15, -0.1) is 0 Å². The molecule has 0 amide bonds. The van der Waals surface area contributed by atoms with Crippen molar-refractivity contribution in [2.75, 3.05) is 7.11 Å². The van der Waals surface area contributed by atoms with Gasteiger partial charge in [0.15, 0.2) is 0 Å². The predicted octanol–water partition coefficient (Wildman–Crippen LogP) is 4.07. The molecule has 0 aliphatic heterocycles. The molecule has 3 rings (SSSR count). The molecule has 1 aromatic heterocycles. The van der Waals surface area contributed by atoms with Crippen molar-refractivity contribution in [3.63, 3.8) is 0 Å². The van der Waals surface area contributed by atoms with E-state index < -0.39 is 0 Å². The zero-order chi connectivity index (χ0) is 14.8. The van der Waals surface area contributed by atoms with Crippen LogP contribution in [0.3, 0.4) is 0 Å². The van der Waals surface area contributed by atoms with E-state index in [1.165, 1.54) is 22.0 Å². The Morgan fingerprint density at radius 1 is 1.05 bits per heavy atom. The smallest absolute Gasteiger partial charge is 0.123 e. The van der Waals surface area contributed by atoms with Crippen molar-refractivity contribution >= 4 is 10.9 Å². The maximum atomic E-state index is 5.90. The Morgan fingerprint density at radius 3 is 2.67 bits per heavy atom. The lowest BCUT2D eigenvalue weighted by Crippen LogP contribution is -1.95. The fourth-order valence-corrected chi connectivity index (χ4v) is 2.55. The lowest BCUT2D eigenvalue weighted by molar-refractivity contribution is 0.305. The molecule has 3 nitrogen and oxygen atoms in total. The summed E-state index contributed by atoms with van der Waals surface area (Å²) in [6.07, 6.45) is 2.13. The van der Waals surface area contributed by atoms with Crippen molar-refractivity contribution in [2.24, 2.45) is 7.05 Å². The van der Waals surface area contributed by atoms with Crippen molar-refractivity contribution in [2.45, 2.75) is 13.5 Å². The fraction of sp³-hybridized carbons (Fsp3) is 0.222. The van der Waals surface area contributed by atoms with Crippen LogP contribution in [-0.4, -0.2) is 11.7 Å². The third-order valence-electron chi connectivity index (χ3n) is 3.66. The van der Waals surface area contributed by atoms with Crippen molar-refractivity contribution in [3.8, 4) is 11.5 Å². The summed E-state index contributed by atoms with van der Waals surface area (Å²) in [5.74, 6) is 1.63. The third kappa shape index (κ3) is 2.72. The van der Waals surface area contributed by atoms with Gasteiger partial charge < -0.3 is 14.0 Å². The van der Waals surface area contributed by atoms with Gasteiger partial charge >= 0.3 is 0 Å². The molecule has 3 aromatic rings. The minimum absolute atomic E-state index is 0.550. The summed E-state index contributed by atoms with van der Waals surface area (Å²) in [5, 5.41) is 1.25. The molecule has 0 N–H and O–H groups in total. The molecule has 0 fully saturated rings. The molecule has 0 aliphatic carbocycles. The van der Waals surface area contributed by atoms with Crippen LogP contribution in [0.2, 0.25) is 0 Å². The van der Waals surface area contributed by atoms with Crippen LogP contribution in [0.5, 0.6) is 11.5 Å². The molecule has 3 heteroatoms. The lowest BCUT2D eigenvalue weighted by Gasteiger charge is -2.07. The van der Waals surface area contributed by atoms with Crippen LogP contribution in [0, 0.1) is 6.92 Å². The SMILES string of the molecule is COc1cccc(OCc2cn(C)c3ccc(C)cc23)c1. The van der Waals surface area contributed by atoms with Crippen molar-refractivity contribution in [3.05, 3.63) is 59.8 Å². The molecule has 2 aromatic carbocycles. The Kier molecular flexibility index (Phi) is 3.57. The van der Waals surface area contributed by atoms with Gasteiger partial charge in [-0.2, -0.15) is 0 Å². The van der Waals surface area contributed by atoms with E-state index >= 15 is 0 Å². The van der Waals surface area contributed by atoms with Crippen LogP contribution in [-0.2, 0) is 13.7 Å². The number of aryl methyl sites for hydroxylation is 2. The Balaban J connectivity index is 1.86. The number of methoxy groups -OCH3 is 1. The molecule has 0 aliphatic rings. The number of nitrogens with zero attached hydrogens (tertiary/aromatic N) is 1. The average molecular weight is 281 g/mol. The van der Waals surface area contributed by atoms with Gasteiger partial charge in [-0.1, -0.05) is 17.7 Å². The van der Waals surface area contributed by atoms with Gasteiger partial charge in [-0.25, -0.2) is 0 Å². The summed E-state index contributed by atoms with van der Waals surface area (Å²) in [5.41, 5.74) is 3.68. The monoisotopic (exact) mass is 281 g/mol. The number of benzene rings is 2. The van der Waals surface area contributed by atoms with E-state index in [9.17, 15) is 0 Å². The Bertz CT molecular complexity index is 774. The van der Waals surface area contributed by atoms with Gasteiger partial charge in [-0.3, -0.25) is 0 Å². The summed E-state index contributed by atoms with van der Waals surface area (Å²) >= 11 is 0. The summed E-state index contributed by atoms with van der Waals surface area (Å²) in [6, 6.07) is 14.2. The van der Waals surface area contributed by atoms with Crippen LogP contribution in [0.4, 0.5) is 0 Å². The molecule has 0 atom stereocenters. The quantitative estimate of drug-likeness (QED) is 0.719. The number of ether oxygens (including phenoxy) is 2. The van der Waals surface area contributed by atoms with E-state index in [1.54, 1.807) is 7.11 Å². The molecule has 21 heavy (non-hydrogen) atoms. The highest BCUT2D eigenvalue weighted by atomic mass is 16.5. The van der Waals surface area contributed by atoms with Gasteiger partial charge in [-0.05, 0) is 31.2 Å². The third-order valence-corrected chi connectivity index (χ3v) is 3.66. The molecule has 0 saturated heterocycles. The van der Waals surface area contributed by atoms with E-state index in [1.807, 2.05) is 24.3 Å². The van der Waals surface area contributed by atoms with Crippen LogP contribution in [0.1, 0.15) is 11.1 Å². The summed E-state index contributed by atoms with van der Waals surface area (Å²) < 4.78 is 13.3. The van der Waals surface area contributed by atoms with Crippen molar-refractivity contribution < 1.29 is 9.47 Å². The Labute approximate surface area is 124 Å². The number of fused-ring (bicyclic) bond motifs is 1. The highest BCUT2D eigenvalue weighted by molar-refractivity contribution is 5.84. The zero-order valence-electron chi connectivity index (χ0n) is 12.6. The summed E-state index contributed by atoms with van der Waals surface area (Å²) in [7, 11) is 3.72.